The second-order valence-corrected chi connectivity index (χ2v) is 11.2. The molecule has 0 aliphatic rings. The van der Waals surface area contributed by atoms with E-state index in [0.29, 0.717) is 26.1 Å². The van der Waals surface area contributed by atoms with Gasteiger partial charge in [0.05, 0.1) is 13.2 Å². The van der Waals surface area contributed by atoms with Gasteiger partial charge in [-0.2, -0.15) is 0 Å². The zero-order chi connectivity index (χ0) is 22.9. The summed E-state index contributed by atoms with van der Waals surface area (Å²) >= 11 is 0. The standard InChI is InChI=1S/C26H50O4/c1-25(2,3)21-29-23(27)19-17-15-13-11-9-7-8-10-12-14-16-18-20-24(28)30-22-26(4,5)6/h7-22H2,1-6H3. The Bertz CT molecular complexity index is 401. The number of unbranched alkanes of at least 4 members (excludes halogenated alkanes) is 11. The largest absolute Gasteiger partial charge is 0.465 e. The molecule has 0 heterocycles. The van der Waals surface area contributed by atoms with Gasteiger partial charge in [0.25, 0.3) is 0 Å². The van der Waals surface area contributed by atoms with E-state index in [9.17, 15) is 9.59 Å². The summed E-state index contributed by atoms with van der Waals surface area (Å²) in [6.07, 6.45) is 15.5. The van der Waals surface area contributed by atoms with Crippen molar-refractivity contribution in [2.75, 3.05) is 13.2 Å². The van der Waals surface area contributed by atoms with Crippen LogP contribution in [0, 0.1) is 10.8 Å². The van der Waals surface area contributed by atoms with Gasteiger partial charge in [-0.25, -0.2) is 0 Å². The molecule has 0 amide bonds. The minimum absolute atomic E-state index is 0.0493. The number of hydrogen-bond donors (Lipinski definition) is 0. The highest BCUT2D eigenvalue weighted by atomic mass is 16.5. The number of carbonyl (C=O) groups is 2. The third-order valence-corrected chi connectivity index (χ3v) is 4.84. The summed E-state index contributed by atoms with van der Waals surface area (Å²) in [7, 11) is 0. The molecule has 4 nitrogen and oxygen atoms in total. The van der Waals surface area contributed by atoms with Crippen molar-refractivity contribution in [3.8, 4) is 0 Å². The van der Waals surface area contributed by atoms with Gasteiger partial charge in [0, 0.05) is 12.8 Å². The fraction of sp³-hybridized carbons (Fsp3) is 0.923. The summed E-state index contributed by atoms with van der Waals surface area (Å²) in [5.41, 5.74) is 0.102. The van der Waals surface area contributed by atoms with Gasteiger partial charge in [-0.05, 0) is 23.7 Å². The molecule has 30 heavy (non-hydrogen) atoms. The van der Waals surface area contributed by atoms with Crippen LogP contribution >= 0.6 is 0 Å². The number of carbonyl (C=O) groups excluding carboxylic acids is 2. The highest BCUT2D eigenvalue weighted by Crippen LogP contribution is 2.16. The second kappa shape index (κ2) is 16.6. The normalized spacial score (nSPS) is 12.1. The lowest BCUT2D eigenvalue weighted by molar-refractivity contribution is -0.147. The van der Waals surface area contributed by atoms with E-state index in [1.165, 1.54) is 51.4 Å². The van der Waals surface area contributed by atoms with Crippen LogP contribution in [-0.4, -0.2) is 25.2 Å². The smallest absolute Gasteiger partial charge is 0.305 e. The average Bonchev–Trinajstić information content (AvgIpc) is 2.63. The van der Waals surface area contributed by atoms with Gasteiger partial charge in [-0.1, -0.05) is 106 Å². The van der Waals surface area contributed by atoms with E-state index in [1.54, 1.807) is 0 Å². The van der Waals surface area contributed by atoms with Crippen LogP contribution in [0.2, 0.25) is 0 Å². The molecule has 178 valence electrons. The molecule has 0 aromatic heterocycles. The van der Waals surface area contributed by atoms with Crippen LogP contribution < -0.4 is 0 Å². The quantitative estimate of drug-likeness (QED) is 0.177. The average molecular weight is 427 g/mol. The van der Waals surface area contributed by atoms with E-state index >= 15 is 0 Å². The lowest BCUT2D eigenvalue weighted by Crippen LogP contribution is -2.18. The maximum absolute atomic E-state index is 11.6. The zero-order valence-corrected chi connectivity index (χ0v) is 20.9. The number of ether oxygens (including phenoxy) is 2. The van der Waals surface area contributed by atoms with E-state index in [2.05, 4.69) is 41.5 Å². The van der Waals surface area contributed by atoms with Crippen LogP contribution in [0.3, 0.4) is 0 Å². The Hall–Kier alpha value is -1.06. The van der Waals surface area contributed by atoms with E-state index < -0.39 is 0 Å². The molecule has 0 bridgehead atoms. The Morgan fingerprint density at radius 1 is 0.467 bits per heavy atom. The predicted molar refractivity (Wildman–Crippen MR) is 125 cm³/mol. The van der Waals surface area contributed by atoms with E-state index in [1.807, 2.05) is 0 Å². The monoisotopic (exact) mass is 426 g/mol. The maximum Gasteiger partial charge on any atom is 0.305 e. The highest BCUT2D eigenvalue weighted by molar-refractivity contribution is 5.69. The number of rotatable bonds is 17. The van der Waals surface area contributed by atoms with Crippen molar-refractivity contribution in [3.63, 3.8) is 0 Å². The van der Waals surface area contributed by atoms with Crippen LogP contribution in [0.5, 0.6) is 0 Å². The van der Waals surface area contributed by atoms with Crippen molar-refractivity contribution in [1.82, 2.24) is 0 Å². The summed E-state index contributed by atoms with van der Waals surface area (Å²) in [6.45, 7) is 13.5. The molecule has 0 aromatic rings. The van der Waals surface area contributed by atoms with Gasteiger partial charge in [0.1, 0.15) is 0 Å². The summed E-state index contributed by atoms with van der Waals surface area (Å²) in [4.78, 5) is 23.3. The van der Waals surface area contributed by atoms with Crippen molar-refractivity contribution in [3.05, 3.63) is 0 Å². The van der Waals surface area contributed by atoms with Crippen LogP contribution in [0.4, 0.5) is 0 Å². The van der Waals surface area contributed by atoms with Crippen LogP contribution in [0.15, 0.2) is 0 Å². The van der Waals surface area contributed by atoms with Crippen molar-refractivity contribution in [2.45, 2.75) is 131 Å². The SMILES string of the molecule is CC(C)(C)COC(=O)CCCCCCCCCCCCCCC(=O)OCC(C)(C)C. The van der Waals surface area contributed by atoms with Crippen molar-refractivity contribution in [1.29, 1.82) is 0 Å². The topological polar surface area (TPSA) is 52.6 Å². The van der Waals surface area contributed by atoms with Gasteiger partial charge in [-0.15, -0.1) is 0 Å². The molecular formula is C26H50O4. The summed E-state index contributed by atoms with van der Waals surface area (Å²) in [5, 5.41) is 0. The molecule has 0 atom stereocenters. The van der Waals surface area contributed by atoms with Crippen molar-refractivity contribution in [2.24, 2.45) is 10.8 Å². The Balaban J connectivity index is 3.28. The molecule has 0 aromatic carbocycles. The number of hydrogen-bond acceptors (Lipinski definition) is 4. The molecule has 0 aliphatic heterocycles. The van der Waals surface area contributed by atoms with E-state index in [4.69, 9.17) is 9.47 Å². The number of esters is 2. The third kappa shape index (κ3) is 23.2. The molecule has 0 aliphatic carbocycles. The molecule has 0 unspecified atom stereocenters. The zero-order valence-electron chi connectivity index (χ0n) is 20.9. The Morgan fingerprint density at radius 2 is 0.700 bits per heavy atom. The molecule has 0 radical (unpaired) electrons. The summed E-state index contributed by atoms with van der Waals surface area (Å²) in [5.74, 6) is -0.0987. The molecule has 0 saturated heterocycles. The fourth-order valence-corrected chi connectivity index (χ4v) is 3.04. The minimum Gasteiger partial charge on any atom is -0.465 e. The lowest BCUT2D eigenvalue weighted by atomic mass is 9.99. The van der Waals surface area contributed by atoms with Crippen molar-refractivity contribution >= 4 is 11.9 Å². The highest BCUT2D eigenvalue weighted by Gasteiger charge is 2.14. The van der Waals surface area contributed by atoms with Gasteiger partial charge in [-0.3, -0.25) is 9.59 Å². The van der Waals surface area contributed by atoms with Crippen molar-refractivity contribution < 1.29 is 19.1 Å². The minimum atomic E-state index is -0.0493. The first-order valence-corrected chi connectivity index (χ1v) is 12.3. The molecule has 0 rings (SSSR count). The van der Waals surface area contributed by atoms with E-state index in [0.717, 1.165) is 25.7 Å². The maximum atomic E-state index is 11.6. The Morgan fingerprint density at radius 3 is 0.933 bits per heavy atom. The first-order valence-electron chi connectivity index (χ1n) is 12.3. The molecule has 0 saturated carbocycles. The van der Waals surface area contributed by atoms with Gasteiger partial charge in [0.15, 0.2) is 0 Å². The fourth-order valence-electron chi connectivity index (χ4n) is 3.04. The van der Waals surface area contributed by atoms with E-state index in [-0.39, 0.29) is 22.8 Å². The summed E-state index contributed by atoms with van der Waals surface area (Å²) in [6, 6.07) is 0. The van der Waals surface area contributed by atoms with Gasteiger partial charge >= 0.3 is 11.9 Å². The lowest BCUT2D eigenvalue weighted by Gasteiger charge is -2.17. The first-order chi connectivity index (χ1) is 14.0. The predicted octanol–water partition coefficient (Wildman–Crippen LogP) is 7.63. The van der Waals surface area contributed by atoms with Crippen LogP contribution in [0.1, 0.15) is 131 Å². The Kier molecular flexibility index (Phi) is 16.0. The molecule has 0 N–H and O–H groups in total. The molecule has 0 fully saturated rings. The third-order valence-electron chi connectivity index (χ3n) is 4.84. The molecule has 4 heteroatoms. The summed E-state index contributed by atoms with van der Waals surface area (Å²) < 4.78 is 10.6. The molecular weight excluding hydrogens is 376 g/mol. The van der Waals surface area contributed by atoms with Crippen LogP contribution in [0.25, 0.3) is 0 Å². The van der Waals surface area contributed by atoms with Gasteiger partial charge in [0.2, 0.25) is 0 Å². The Labute approximate surface area is 186 Å². The van der Waals surface area contributed by atoms with Gasteiger partial charge < -0.3 is 9.47 Å². The van der Waals surface area contributed by atoms with Crippen LogP contribution in [-0.2, 0) is 19.1 Å². The second-order valence-electron chi connectivity index (χ2n) is 11.2. The molecule has 0 spiro atoms. The first kappa shape index (κ1) is 28.9.